The molecule has 0 heterocycles. The Hall–Kier alpha value is -2.19. The van der Waals surface area contributed by atoms with Gasteiger partial charge in [-0.05, 0) is 26.7 Å². The number of carboxylic acids is 1. The first-order valence-electron chi connectivity index (χ1n) is 10.3. The zero-order chi connectivity index (χ0) is 23.1. The third kappa shape index (κ3) is 12.4. The third-order valence-corrected chi connectivity index (χ3v) is 4.51. The summed E-state index contributed by atoms with van der Waals surface area (Å²) >= 11 is 0. The van der Waals surface area contributed by atoms with Gasteiger partial charge in [-0.25, -0.2) is 9.59 Å². The molecule has 0 spiro atoms. The lowest BCUT2D eigenvalue weighted by Gasteiger charge is -2.29. The van der Waals surface area contributed by atoms with Gasteiger partial charge < -0.3 is 24.8 Å². The van der Waals surface area contributed by atoms with E-state index in [1.807, 2.05) is 0 Å². The third-order valence-electron chi connectivity index (χ3n) is 4.51. The molecule has 0 aromatic carbocycles. The number of aliphatic carboxylic acids is 1. The maximum atomic E-state index is 11.9. The number of hydrogen-bond acceptors (Lipinski definition) is 7. The molecule has 0 aliphatic carbocycles. The summed E-state index contributed by atoms with van der Waals surface area (Å²) in [6, 6.07) is 0. The van der Waals surface area contributed by atoms with Gasteiger partial charge in [0.1, 0.15) is 0 Å². The van der Waals surface area contributed by atoms with Crippen molar-refractivity contribution in [2.24, 2.45) is 0 Å². The minimum Gasteiger partial charge on any atom is -0.481 e. The van der Waals surface area contributed by atoms with Crippen molar-refractivity contribution in [2.45, 2.75) is 89.9 Å². The van der Waals surface area contributed by atoms with Crippen LogP contribution in [-0.4, -0.2) is 58.1 Å². The Bertz CT molecular complexity index is 584. The van der Waals surface area contributed by atoms with E-state index >= 15 is 0 Å². The molecule has 0 saturated heterocycles. The average molecular weight is 429 g/mol. The van der Waals surface area contributed by atoms with E-state index < -0.39 is 42.8 Å². The number of carbonyl (C=O) groups is 3. The predicted molar refractivity (Wildman–Crippen MR) is 112 cm³/mol. The molecule has 30 heavy (non-hydrogen) atoms. The lowest BCUT2D eigenvalue weighted by Crippen LogP contribution is -2.45. The fourth-order valence-corrected chi connectivity index (χ4v) is 2.75. The minimum atomic E-state index is -1.22. The molecule has 0 saturated carbocycles. The van der Waals surface area contributed by atoms with Crippen LogP contribution in [0.25, 0.3) is 0 Å². The van der Waals surface area contributed by atoms with Gasteiger partial charge in [-0.1, -0.05) is 51.7 Å². The van der Waals surface area contributed by atoms with E-state index in [0.29, 0.717) is 19.3 Å². The van der Waals surface area contributed by atoms with Gasteiger partial charge in [0.15, 0.2) is 12.2 Å². The Kier molecular flexibility index (Phi) is 14.5. The number of aliphatic hydroxyl groups excluding tert-OH is 2. The number of esters is 2. The second-order valence-corrected chi connectivity index (χ2v) is 7.53. The molecule has 0 radical (unpaired) electrons. The van der Waals surface area contributed by atoms with E-state index in [4.69, 9.17) is 14.6 Å². The summed E-state index contributed by atoms with van der Waals surface area (Å²) in [6.07, 6.45) is 2.83. The summed E-state index contributed by atoms with van der Waals surface area (Å²) in [5.74, 6) is -2.27. The largest absolute Gasteiger partial charge is 0.481 e. The van der Waals surface area contributed by atoms with E-state index in [1.54, 1.807) is 0 Å². The predicted octanol–water partition coefficient (Wildman–Crippen LogP) is 2.91. The Balaban J connectivity index is 4.58. The molecule has 0 aliphatic heterocycles. The number of rotatable bonds is 17. The quantitative estimate of drug-likeness (QED) is 0.183. The van der Waals surface area contributed by atoms with Gasteiger partial charge in [0.2, 0.25) is 0 Å². The smallest absolute Gasteiger partial charge is 0.333 e. The van der Waals surface area contributed by atoms with Crippen LogP contribution < -0.4 is 0 Å². The first kappa shape index (κ1) is 27.8. The van der Waals surface area contributed by atoms with Crippen LogP contribution >= 0.6 is 0 Å². The molecule has 0 aromatic heterocycles. The molecule has 3 unspecified atom stereocenters. The zero-order valence-corrected chi connectivity index (χ0v) is 18.1. The molecule has 172 valence electrons. The molecule has 0 aromatic rings. The fourth-order valence-electron chi connectivity index (χ4n) is 2.75. The van der Waals surface area contributed by atoms with Crippen molar-refractivity contribution in [3.63, 3.8) is 0 Å². The van der Waals surface area contributed by atoms with Gasteiger partial charge in [-0.3, -0.25) is 4.79 Å². The van der Waals surface area contributed by atoms with Gasteiger partial charge >= 0.3 is 17.9 Å². The standard InChI is InChI=1S/C22H36O8/c1-15(2)21(27)29-18(14-23)20(30-22(28)16(3)4)17(24)12-10-8-6-5-7-9-11-13-19(25)26/h17-18,20,23-24H,1,3,5-14H2,2,4H3,(H,25,26). The Morgan fingerprint density at radius 2 is 1.30 bits per heavy atom. The second kappa shape index (κ2) is 15.6. The first-order valence-corrected chi connectivity index (χ1v) is 10.3. The normalized spacial score (nSPS) is 13.7. The highest BCUT2D eigenvalue weighted by atomic mass is 16.6. The SMILES string of the molecule is C=C(C)C(=O)OC(CO)C(OC(=O)C(=C)C)C(O)CCCCCCCCCC(=O)O. The van der Waals surface area contributed by atoms with Crippen molar-refractivity contribution in [1.29, 1.82) is 0 Å². The van der Waals surface area contributed by atoms with Crippen molar-refractivity contribution in [1.82, 2.24) is 0 Å². The highest BCUT2D eigenvalue weighted by molar-refractivity contribution is 5.88. The van der Waals surface area contributed by atoms with Crippen molar-refractivity contribution >= 4 is 17.9 Å². The van der Waals surface area contributed by atoms with Crippen molar-refractivity contribution in [3.8, 4) is 0 Å². The van der Waals surface area contributed by atoms with E-state index in [9.17, 15) is 24.6 Å². The molecule has 3 N–H and O–H groups in total. The maximum absolute atomic E-state index is 11.9. The fraction of sp³-hybridized carbons (Fsp3) is 0.682. The van der Waals surface area contributed by atoms with Gasteiger partial charge in [-0.15, -0.1) is 0 Å². The number of carboxylic acid groups (broad SMARTS) is 1. The molecule has 0 rings (SSSR count). The molecule has 3 atom stereocenters. The molecule has 0 bridgehead atoms. The molecular formula is C22H36O8. The number of hydrogen-bond donors (Lipinski definition) is 3. The van der Waals surface area contributed by atoms with Crippen molar-refractivity contribution in [2.75, 3.05) is 6.61 Å². The van der Waals surface area contributed by atoms with E-state index in [0.717, 1.165) is 32.1 Å². The number of carbonyl (C=O) groups excluding carboxylic acids is 2. The zero-order valence-electron chi connectivity index (χ0n) is 18.1. The van der Waals surface area contributed by atoms with Gasteiger partial charge in [0.25, 0.3) is 0 Å². The molecule has 0 fully saturated rings. The Morgan fingerprint density at radius 3 is 1.77 bits per heavy atom. The van der Waals surface area contributed by atoms with Crippen molar-refractivity contribution in [3.05, 3.63) is 24.3 Å². The molecule has 0 aliphatic rings. The van der Waals surface area contributed by atoms with Crippen LogP contribution in [0.4, 0.5) is 0 Å². The minimum absolute atomic E-state index is 0.122. The van der Waals surface area contributed by atoms with Gasteiger partial charge in [0.05, 0.1) is 12.7 Å². The maximum Gasteiger partial charge on any atom is 0.333 e. The van der Waals surface area contributed by atoms with Crippen LogP contribution in [0.1, 0.15) is 71.6 Å². The topological polar surface area (TPSA) is 130 Å². The Labute approximate surface area is 178 Å². The van der Waals surface area contributed by atoms with E-state index in [2.05, 4.69) is 13.2 Å². The molecular weight excluding hydrogens is 392 g/mol. The second-order valence-electron chi connectivity index (χ2n) is 7.53. The number of aliphatic hydroxyl groups is 2. The highest BCUT2D eigenvalue weighted by Gasteiger charge is 2.34. The van der Waals surface area contributed by atoms with Crippen LogP contribution in [0.5, 0.6) is 0 Å². The average Bonchev–Trinajstić information content (AvgIpc) is 2.68. The lowest BCUT2D eigenvalue weighted by molar-refractivity contribution is -0.176. The summed E-state index contributed by atoms with van der Waals surface area (Å²) in [4.78, 5) is 34.2. The summed E-state index contributed by atoms with van der Waals surface area (Å²) < 4.78 is 10.4. The van der Waals surface area contributed by atoms with Gasteiger partial charge in [0, 0.05) is 17.6 Å². The lowest BCUT2D eigenvalue weighted by atomic mass is 10.0. The van der Waals surface area contributed by atoms with Crippen LogP contribution in [0, 0.1) is 0 Å². The Morgan fingerprint density at radius 1 is 0.833 bits per heavy atom. The van der Waals surface area contributed by atoms with E-state index in [-0.39, 0.29) is 17.6 Å². The summed E-state index contributed by atoms with van der Waals surface area (Å²) in [5, 5.41) is 28.7. The van der Waals surface area contributed by atoms with Gasteiger partial charge in [-0.2, -0.15) is 0 Å². The van der Waals surface area contributed by atoms with Crippen molar-refractivity contribution < 1.29 is 39.2 Å². The monoisotopic (exact) mass is 428 g/mol. The first-order chi connectivity index (χ1) is 14.1. The number of ether oxygens (including phenoxy) is 2. The van der Waals surface area contributed by atoms with Crippen LogP contribution in [-0.2, 0) is 23.9 Å². The van der Waals surface area contributed by atoms with Crippen LogP contribution in [0.3, 0.4) is 0 Å². The summed E-state index contributed by atoms with van der Waals surface area (Å²) in [5.41, 5.74) is 0.245. The highest BCUT2D eigenvalue weighted by Crippen LogP contribution is 2.18. The summed E-state index contributed by atoms with van der Waals surface area (Å²) in [7, 11) is 0. The van der Waals surface area contributed by atoms with E-state index in [1.165, 1.54) is 13.8 Å². The number of unbranched alkanes of at least 4 members (excludes halogenated alkanes) is 6. The molecule has 8 heteroatoms. The summed E-state index contributed by atoms with van der Waals surface area (Å²) in [6.45, 7) is 9.25. The van der Waals surface area contributed by atoms with Crippen LogP contribution in [0.15, 0.2) is 24.3 Å². The van der Waals surface area contributed by atoms with Crippen LogP contribution in [0.2, 0.25) is 0 Å². The molecule has 8 nitrogen and oxygen atoms in total. The molecule has 0 amide bonds.